The van der Waals surface area contributed by atoms with Crippen LogP contribution in [-0.4, -0.2) is 9.55 Å². The van der Waals surface area contributed by atoms with Gasteiger partial charge in [0.2, 0.25) is 0 Å². The van der Waals surface area contributed by atoms with Crippen LogP contribution in [0.15, 0.2) is 49.1 Å². The number of imidazole rings is 1. The third kappa shape index (κ3) is 2.17. The Labute approximate surface area is 89.0 Å². The number of hydrogen-bond acceptors (Lipinski definition) is 2. The van der Waals surface area contributed by atoms with Crippen LogP contribution in [-0.2, 0) is 6.42 Å². The predicted octanol–water partition coefficient (Wildman–Crippen LogP) is 2.55. The quantitative estimate of drug-likeness (QED) is 0.761. The van der Waals surface area contributed by atoms with Crippen molar-refractivity contribution < 1.29 is 0 Å². The van der Waals surface area contributed by atoms with Gasteiger partial charge in [0.25, 0.3) is 0 Å². The number of thiol groups is 1. The summed E-state index contributed by atoms with van der Waals surface area (Å²) >= 11 is 4.52. The van der Waals surface area contributed by atoms with E-state index >= 15 is 0 Å². The molecule has 0 bridgehead atoms. The van der Waals surface area contributed by atoms with Crippen molar-refractivity contribution in [2.45, 2.75) is 11.8 Å². The van der Waals surface area contributed by atoms with E-state index in [0.29, 0.717) is 0 Å². The Hall–Kier alpha value is -1.22. The molecular formula is C11H12N2S. The largest absolute Gasteiger partial charge is 0.325 e. The van der Waals surface area contributed by atoms with Crippen molar-refractivity contribution in [2.24, 2.45) is 0 Å². The molecule has 0 fully saturated rings. The second-order valence-corrected chi connectivity index (χ2v) is 3.78. The molecule has 1 heterocycles. The molecule has 1 aromatic carbocycles. The lowest BCUT2D eigenvalue weighted by Gasteiger charge is -2.11. The molecule has 0 amide bonds. The predicted molar refractivity (Wildman–Crippen MR) is 60.4 cm³/mol. The van der Waals surface area contributed by atoms with E-state index in [1.807, 2.05) is 29.0 Å². The third-order valence-electron chi connectivity index (χ3n) is 2.13. The fourth-order valence-corrected chi connectivity index (χ4v) is 1.72. The Bertz CT molecular complexity index is 369. The minimum absolute atomic E-state index is 0.167. The number of aromatic nitrogens is 2. The highest BCUT2D eigenvalue weighted by Crippen LogP contribution is 2.17. The van der Waals surface area contributed by atoms with E-state index in [0.717, 1.165) is 6.42 Å². The zero-order chi connectivity index (χ0) is 9.80. The molecule has 2 aromatic rings. The first-order valence-electron chi connectivity index (χ1n) is 4.56. The minimum atomic E-state index is 0.167. The van der Waals surface area contributed by atoms with Gasteiger partial charge in [0.1, 0.15) is 0 Å². The summed E-state index contributed by atoms with van der Waals surface area (Å²) in [7, 11) is 0. The van der Waals surface area contributed by atoms with Crippen LogP contribution >= 0.6 is 12.6 Å². The number of rotatable bonds is 3. The van der Waals surface area contributed by atoms with E-state index in [-0.39, 0.29) is 5.37 Å². The molecule has 0 saturated carbocycles. The van der Waals surface area contributed by atoms with Gasteiger partial charge in [-0.1, -0.05) is 30.3 Å². The Morgan fingerprint density at radius 1 is 1.29 bits per heavy atom. The molecule has 0 radical (unpaired) electrons. The fourth-order valence-electron chi connectivity index (χ4n) is 1.38. The molecule has 1 atom stereocenters. The molecule has 0 spiro atoms. The second-order valence-electron chi connectivity index (χ2n) is 3.18. The van der Waals surface area contributed by atoms with Crippen molar-refractivity contribution in [3.8, 4) is 0 Å². The fraction of sp³-hybridized carbons (Fsp3) is 0.182. The van der Waals surface area contributed by atoms with Crippen LogP contribution in [0.3, 0.4) is 0 Å². The van der Waals surface area contributed by atoms with E-state index in [1.165, 1.54) is 5.56 Å². The van der Waals surface area contributed by atoms with Crippen molar-refractivity contribution >= 4 is 12.6 Å². The average molecular weight is 204 g/mol. The topological polar surface area (TPSA) is 17.8 Å². The van der Waals surface area contributed by atoms with Crippen LogP contribution in [0.25, 0.3) is 0 Å². The molecule has 0 aliphatic carbocycles. The van der Waals surface area contributed by atoms with E-state index in [4.69, 9.17) is 0 Å². The smallest absolute Gasteiger partial charge is 0.0955 e. The van der Waals surface area contributed by atoms with Gasteiger partial charge in [0.15, 0.2) is 0 Å². The molecule has 0 saturated heterocycles. The Kier molecular flexibility index (Phi) is 2.89. The average Bonchev–Trinajstić information content (AvgIpc) is 2.72. The molecule has 0 aliphatic heterocycles. The van der Waals surface area contributed by atoms with Gasteiger partial charge in [-0.3, -0.25) is 0 Å². The van der Waals surface area contributed by atoms with Gasteiger partial charge in [-0.25, -0.2) is 4.98 Å². The first-order valence-corrected chi connectivity index (χ1v) is 5.07. The summed E-state index contributed by atoms with van der Waals surface area (Å²) in [5, 5.41) is 0.167. The summed E-state index contributed by atoms with van der Waals surface area (Å²) in [6.45, 7) is 0. The van der Waals surface area contributed by atoms with Crippen LogP contribution < -0.4 is 0 Å². The molecule has 2 nitrogen and oxygen atoms in total. The maximum atomic E-state index is 4.52. The van der Waals surface area contributed by atoms with Crippen molar-refractivity contribution in [3.05, 3.63) is 54.6 Å². The van der Waals surface area contributed by atoms with Gasteiger partial charge in [-0.05, 0) is 5.56 Å². The van der Waals surface area contributed by atoms with Gasteiger partial charge in [-0.15, -0.1) is 0 Å². The summed E-state index contributed by atoms with van der Waals surface area (Å²) in [5.41, 5.74) is 1.29. The van der Waals surface area contributed by atoms with Crippen LogP contribution in [0.1, 0.15) is 10.9 Å². The molecular weight excluding hydrogens is 192 g/mol. The summed E-state index contributed by atoms with van der Waals surface area (Å²) in [5.74, 6) is 0. The lowest BCUT2D eigenvalue weighted by Crippen LogP contribution is -2.03. The molecule has 14 heavy (non-hydrogen) atoms. The number of hydrogen-bond donors (Lipinski definition) is 1. The van der Waals surface area contributed by atoms with Gasteiger partial charge in [0.05, 0.1) is 11.7 Å². The Morgan fingerprint density at radius 2 is 2.07 bits per heavy atom. The molecule has 1 unspecified atom stereocenters. The van der Waals surface area contributed by atoms with E-state index in [1.54, 1.807) is 12.5 Å². The van der Waals surface area contributed by atoms with Crippen molar-refractivity contribution in [1.82, 2.24) is 9.55 Å². The molecule has 3 heteroatoms. The zero-order valence-corrected chi connectivity index (χ0v) is 8.64. The summed E-state index contributed by atoms with van der Waals surface area (Å²) < 4.78 is 2.00. The highest BCUT2D eigenvalue weighted by atomic mass is 32.1. The molecule has 0 aliphatic rings. The zero-order valence-electron chi connectivity index (χ0n) is 7.74. The minimum Gasteiger partial charge on any atom is -0.325 e. The second kappa shape index (κ2) is 4.33. The van der Waals surface area contributed by atoms with Gasteiger partial charge in [-0.2, -0.15) is 12.6 Å². The van der Waals surface area contributed by atoms with Crippen LogP contribution in [0.5, 0.6) is 0 Å². The molecule has 0 N–H and O–H groups in total. The standard InChI is InChI=1S/C11H12N2S/c14-11(13-7-6-12-9-13)8-10-4-2-1-3-5-10/h1-7,9,11,14H,8H2. The van der Waals surface area contributed by atoms with Crippen molar-refractivity contribution in [1.29, 1.82) is 0 Å². The Morgan fingerprint density at radius 3 is 2.71 bits per heavy atom. The maximum absolute atomic E-state index is 4.52. The summed E-state index contributed by atoms with van der Waals surface area (Å²) in [6.07, 6.45) is 6.41. The lowest BCUT2D eigenvalue weighted by molar-refractivity contribution is 0.679. The highest BCUT2D eigenvalue weighted by molar-refractivity contribution is 7.80. The lowest BCUT2D eigenvalue weighted by atomic mass is 10.1. The van der Waals surface area contributed by atoms with Gasteiger partial charge >= 0.3 is 0 Å². The van der Waals surface area contributed by atoms with Crippen molar-refractivity contribution in [2.75, 3.05) is 0 Å². The normalized spacial score (nSPS) is 12.6. The third-order valence-corrected chi connectivity index (χ3v) is 2.58. The monoisotopic (exact) mass is 204 g/mol. The molecule has 72 valence electrons. The van der Waals surface area contributed by atoms with E-state index < -0.39 is 0 Å². The summed E-state index contributed by atoms with van der Waals surface area (Å²) in [6, 6.07) is 10.3. The van der Waals surface area contributed by atoms with Gasteiger partial charge in [0, 0.05) is 18.8 Å². The first-order chi connectivity index (χ1) is 6.86. The number of nitrogens with zero attached hydrogens (tertiary/aromatic N) is 2. The van der Waals surface area contributed by atoms with Gasteiger partial charge < -0.3 is 4.57 Å². The molecule has 2 rings (SSSR count). The van der Waals surface area contributed by atoms with E-state index in [2.05, 4.69) is 29.7 Å². The van der Waals surface area contributed by atoms with Crippen LogP contribution in [0.4, 0.5) is 0 Å². The SMILES string of the molecule is SC(Cc1ccccc1)n1ccnc1. The van der Waals surface area contributed by atoms with E-state index in [9.17, 15) is 0 Å². The first kappa shape index (κ1) is 9.34. The Balaban J connectivity index is 2.06. The van der Waals surface area contributed by atoms with Crippen LogP contribution in [0.2, 0.25) is 0 Å². The summed E-state index contributed by atoms with van der Waals surface area (Å²) in [4.78, 5) is 4.00. The maximum Gasteiger partial charge on any atom is 0.0955 e. The van der Waals surface area contributed by atoms with Crippen LogP contribution in [0, 0.1) is 0 Å². The van der Waals surface area contributed by atoms with Crippen molar-refractivity contribution in [3.63, 3.8) is 0 Å². The molecule has 1 aromatic heterocycles. The number of benzene rings is 1. The highest BCUT2D eigenvalue weighted by Gasteiger charge is 2.04.